The average Bonchev–Trinajstić information content (AvgIpc) is 3.35. The quantitative estimate of drug-likeness (QED) is 0.624. The molecule has 0 aliphatic rings. The highest BCUT2D eigenvalue weighted by Crippen LogP contribution is 2.29. The van der Waals surface area contributed by atoms with E-state index in [1.807, 2.05) is 17.5 Å². The summed E-state index contributed by atoms with van der Waals surface area (Å²) in [6, 6.07) is 7.34. The predicted molar refractivity (Wildman–Crippen MR) is 93.4 cm³/mol. The monoisotopic (exact) mass is 410 g/mol. The highest BCUT2D eigenvalue weighted by Gasteiger charge is 2.30. The minimum Gasteiger partial charge on any atom is -0.458 e. The fourth-order valence-electron chi connectivity index (χ4n) is 2.16. The highest BCUT2D eigenvalue weighted by molar-refractivity contribution is 7.13. The molecule has 0 aliphatic carbocycles. The van der Waals surface area contributed by atoms with Crippen LogP contribution in [-0.4, -0.2) is 23.4 Å². The molecule has 0 saturated heterocycles. The summed E-state index contributed by atoms with van der Waals surface area (Å²) in [5, 5.41) is 4.16. The molecule has 0 radical (unpaired) electrons. The summed E-state index contributed by atoms with van der Waals surface area (Å²) in [5.41, 5.74) is -0.457. The van der Waals surface area contributed by atoms with Crippen LogP contribution < -0.4 is 5.32 Å². The second-order valence-electron chi connectivity index (χ2n) is 5.54. The number of benzene rings is 1. The SMILES string of the molecule is O=C(CNC(=O)c1ccc(C(F)(F)F)cc1)OCc1coc(-c2cccs2)n1. The smallest absolute Gasteiger partial charge is 0.416 e. The van der Waals surface area contributed by atoms with Gasteiger partial charge in [-0.3, -0.25) is 9.59 Å². The molecule has 146 valence electrons. The van der Waals surface area contributed by atoms with Crippen molar-refractivity contribution >= 4 is 23.2 Å². The maximum atomic E-state index is 12.5. The van der Waals surface area contributed by atoms with Crippen LogP contribution in [0.2, 0.25) is 0 Å². The molecule has 2 aromatic heterocycles. The first kappa shape index (κ1) is 19.6. The van der Waals surface area contributed by atoms with E-state index in [2.05, 4.69) is 10.3 Å². The topological polar surface area (TPSA) is 81.4 Å². The number of hydrogen-bond donors (Lipinski definition) is 1. The number of nitrogens with one attached hydrogen (secondary N) is 1. The molecule has 6 nitrogen and oxygen atoms in total. The molecule has 3 rings (SSSR count). The predicted octanol–water partition coefficient (Wildman–Crippen LogP) is 3.90. The molecule has 0 aliphatic heterocycles. The Kier molecular flexibility index (Phi) is 5.78. The lowest BCUT2D eigenvalue weighted by molar-refractivity contribution is -0.143. The normalized spacial score (nSPS) is 11.2. The molecule has 2 heterocycles. The van der Waals surface area contributed by atoms with Gasteiger partial charge in [-0.1, -0.05) is 6.07 Å². The molecule has 3 aromatic rings. The number of nitrogens with zero attached hydrogens (tertiary/aromatic N) is 1. The summed E-state index contributed by atoms with van der Waals surface area (Å²) >= 11 is 1.45. The van der Waals surface area contributed by atoms with E-state index in [-0.39, 0.29) is 12.2 Å². The number of thiophene rings is 1. The van der Waals surface area contributed by atoms with Gasteiger partial charge in [-0.15, -0.1) is 11.3 Å². The lowest BCUT2D eigenvalue weighted by atomic mass is 10.1. The van der Waals surface area contributed by atoms with E-state index >= 15 is 0 Å². The third-order valence-corrected chi connectivity index (χ3v) is 4.39. The third-order valence-electron chi connectivity index (χ3n) is 3.53. The minimum absolute atomic E-state index is 0.00195. The van der Waals surface area contributed by atoms with Crippen LogP contribution in [0.3, 0.4) is 0 Å². The van der Waals surface area contributed by atoms with Gasteiger partial charge in [0.1, 0.15) is 25.1 Å². The van der Waals surface area contributed by atoms with E-state index < -0.39 is 30.2 Å². The van der Waals surface area contributed by atoms with Crippen LogP contribution in [0.4, 0.5) is 13.2 Å². The van der Waals surface area contributed by atoms with Gasteiger partial charge >= 0.3 is 12.1 Å². The molecule has 1 N–H and O–H groups in total. The zero-order valence-corrected chi connectivity index (χ0v) is 15.0. The van der Waals surface area contributed by atoms with Crippen molar-refractivity contribution in [2.75, 3.05) is 6.54 Å². The Morgan fingerprint density at radius 1 is 1.18 bits per heavy atom. The molecule has 10 heteroatoms. The Morgan fingerprint density at radius 3 is 2.57 bits per heavy atom. The van der Waals surface area contributed by atoms with E-state index in [0.717, 1.165) is 29.1 Å². The Bertz CT molecular complexity index is 950. The lowest BCUT2D eigenvalue weighted by Crippen LogP contribution is -2.30. The zero-order valence-electron chi connectivity index (χ0n) is 14.2. The van der Waals surface area contributed by atoms with Gasteiger partial charge in [-0.2, -0.15) is 13.2 Å². The molecule has 0 bridgehead atoms. The van der Waals surface area contributed by atoms with E-state index in [9.17, 15) is 22.8 Å². The Labute approximate surface area is 161 Å². The van der Waals surface area contributed by atoms with Crippen LogP contribution in [0.5, 0.6) is 0 Å². The summed E-state index contributed by atoms with van der Waals surface area (Å²) in [7, 11) is 0. The molecule has 0 fully saturated rings. The first-order chi connectivity index (χ1) is 13.3. The van der Waals surface area contributed by atoms with Crippen molar-refractivity contribution in [2.45, 2.75) is 12.8 Å². The Balaban J connectivity index is 1.46. The van der Waals surface area contributed by atoms with E-state index in [4.69, 9.17) is 9.15 Å². The molecule has 0 saturated carbocycles. The number of carbonyl (C=O) groups excluding carboxylic acids is 2. The van der Waals surface area contributed by atoms with Crippen LogP contribution >= 0.6 is 11.3 Å². The van der Waals surface area contributed by atoms with Gasteiger partial charge < -0.3 is 14.5 Å². The number of rotatable bonds is 6. The molecule has 0 unspecified atom stereocenters. The lowest BCUT2D eigenvalue weighted by Gasteiger charge is -2.08. The van der Waals surface area contributed by atoms with Crippen molar-refractivity contribution in [3.63, 3.8) is 0 Å². The summed E-state index contributed by atoms with van der Waals surface area (Å²) in [6.45, 7) is -0.570. The fraction of sp³-hybridized carbons (Fsp3) is 0.167. The van der Waals surface area contributed by atoms with Crippen molar-refractivity contribution in [3.05, 3.63) is 64.9 Å². The second-order valence-corrected chi connectivity index (χ2v) is 6.49. The standard InChI is InChI=1S/C18H13F3N2O4S/c19-18(20,21)12-5-3-11(4-6-12)16(25)22-8-15(24)26-9-13-10-27-17(23-13)14-2-1-7-28-14/h1-7,10H,8-9H2,(H,22,25). The summed E-state index contributed by atoms with van der Waals surface area (Å²) < 4.78 is 47.8. The zero-order chi connectivity index (χ0) is 20.1. The van der Waals surface area contributed by atoms with E-state index in [1.165, 1.54) is 17.6 Å². The summed E-state index contributed by atoms with van der Waals surface area (Å²) in [6.07, 6.45) is -3.12. The largest absolute Gasteiger partial charge is 0.458 e. The molecule has 0 atom stereocenters. The van der Waals surface area contributed by atoms with Gasteiger partial charge in [0, 0.05) is 5.56 Å². The van der Waals surface area contributed by atoms with Gasteiger partial charge in [0.2, 0.25) is 5.89 Å². The molecule has 1 amide bonds. The van der Waals surface area contributed by atoms with Gasteiger partial charge in [0.05, 0.1) is 10.4 Å². The Hall–Kier alpha value is -3.14. The van der Waals surface area contributed by atoms with Crippen molar-refractivity contribution < 1.29 is 31.9 Å². The number of aromatic nitrogens is 1. The van der Waals surface area contributed by atoms with Crippen molar-refractivity contribution in [1.29, 1.82) is 0 Å². The summed E-state index contributed by atoms with van der Waals surface area (Å²) in [5.74, 6) is -0.996. The summed E-state index contributed by atoms with van der Waals surface area (Å²) in [4.78, 5) is 28.6. The molecule has 28 heavy (non-hydrogen) atoms. The number of amides is 1. The highest BCUT2D eigenvalue weighted by atomic mass is 32.1. The van der Waals surface area contributed by atoms with Gasteiger partial charge in [-0.25, -0.2) is 4.98 Å². The first-order valence-corrected chi connectivity index (χ1v) is 8.80. The van der Waals surface area contributed by atoms with Crippen LogP contribution in [-0.2, 0) is 22.3 Å². The van der Waals surface area contributed by atoms with Gasteiger partial charge in [-0.05, 0) is 35.7 Å². The maximum absolute atomic E-state index is 12.5. The van der Waals surface area contributed by atoms with E-state index in [0.29, 0.717) is 11.6 Å². The van der Waals surface area contributed by atoms with E-state index in [1.54, 1.807) is 0 Å². The number of ether oxygens (including phenoxy) is 1. The third kappa shape index (κ3) is 4.97. The number of carbonyl (C=O) groups is 2. The van der Waals surface area contributed by atoms with Crippen LogP contribution in [0.25, 0.3) is 10.8 Å². The van der Waals surface area contributed by atoms with Crippen molar-refractivity contribution in [1.82, 2.24) is 10.3 Å². The average molecular weight is 410 g/mol. The Morgan fingerprint density at radius 2 is 1.93 bits per heavy atom. The van der Waals surface area contributed by atoms with Gasteiger partial charge in [0.25, 0.3) is 5.91 Å². The first-order valence-electron chi connectivity index (χ1n) is 7.92. The number of halogens is 3. The minimum atomic E-state index is -4.48. The molecule has 1 aromatic carbocycles. The molecular weight excluding hydrogens is 397 g/mol. The number of esters is 1. The number of alkyl halides is 3. The van der Waals surface area contributed by atoms with Crippen molar-refractivity contribution in [3.8, 4) is 10.8 Å². The second kappa shape index (κ2) is 8.26. The van der Waals surface area contributed by atoms with Crippen LogP contribution in [0, 0.1) is 0 Å². The molecular formula is C18H13F3N2O4S. The van der Waals surface area contributed by atoms with Crippen molar-refractivity contribution in [2.24, 2.45) is 0 Å². The fourth-order valence-corrected chi connectivity index (χ4v) is 2.81. The maximum Gasteiger partial charge on any atom is 0.416 e. The van der Waals surface area contributed by atoms with Crippen LogP contribution in [0.15, 0.2) is 52.5 Å². The van der Waals surface area contributed by atoms with Gasteiger partial charge in [0.15, 0.2) is 0 Å². The number of hydrogen-bond acceptors (Lipinski definition) is 6. The molecule has 0 spiro atoms. The van der Waals surface area contributed by atoms with Crippen LogP contribution in [0.1, 0.15) is 21.6 Å². The number of oxazole rings is 1.